The second kappa shape index (κ2) is 5.34. The fraction of sp³-hybridized carbons (Fsp3) is 0.846. The van der Waals surface area contributed by atoms with Gasteiger partial charge in [-0.05, 0) is 25.7 Å². The summed E-state index contributed by atoms with van der Waals surface area (Å²) < 4.78 is 0. The van der Waals surface area contributed by atoms with Gasteiger partial charge in [0.25, 0.3) is 0 Å². The molecule has 0 aromatic rings. The van der Waals surface area contributed by atoms with Crippen LogP contribution in [0.2, 0.25) is 0 Å². The van der Waals surface area contributed by atoms with Gasteiger partial charge in [-0.1, -0.05) is 19.3 Å². The molecule has 1 aliphatic carbocycles. The van der Waals surface area contributed by atoms with Crippen LogP contribution < -0.4 is 0 Å². The van der Waals surface area contributed by atoms with Gasteiger partial charge in [0.05, 0.1) is 12.0 Å². The zero-order valence-electron chi connectivity index (χ0n) is 9.82. The van der Waals surface area contributed by atoms with Crippen molar-refractivity contribution in [3.05, 3.63) is 0 Å². The Morgan fingerprint density at radius 1 is 1.12 bits per heavy atom. The highest BCUT2D eigenvalue weighted by Gasteiger charge is 2.29. The van der Waals surface area contributed by atoms with Gasteiger partial charge in [-0.15, -0.1) is 0 Å². The number of likely N-dealkylation sites (tertiary alicyclic amines) is 1. The first-order valence-corrected chi connectivity index (χ1v) is 6.49. The van der Waals surface area contributed by atoms with Gasteiger partial charge in [-0.3, -0.25) is 4.79 Å². The van der Waals surface area contributed by atoms with E-state index in [1.807, 2.05) is 4.90 Å². The van der Waals surface area contributed by atoms with Gasteiger partial charge in [0.2, 0.25) is 5.91 Å². The van der Waals surface area contributed by atoms with Gasteiger partial charge in [-0.25, -0.2) is 0 Å². The number of piperidine rings is 1. The molecule has 0 spiro atoms. The van der Waals surface area contributed by atoms with Crippen LogP contribution in [0.1, 0.15) is 44.9 Å². The van der Waals surface area contributed by atoms with E-state index in [4.69, 9.17) is 5.26 Å². The Morgan fingerprint density at radius 2 is 1.88 bits per heavy atom. The number of rotatable bonds is 1. The fourth-order valence-corrected chi connectivity index (χ4v) is 2.89. The number of nitrogens with zero attached hydrogens (tertiary/aromatic N) is 2. The summed E-state index contributed by atoms with van der Waals surface area (Å²) in [4.78, 5) is 14.2. The Labute approximate surface area is 97.4 Å². The van der Waals surface area contributed by atoms with Gasteiger partial charge in [0, 0.05) is 19.0 Å². The predicted octanol–water partition coefficient (Wildman–Crippen LogP) is 2.33. The van der Waals surface area contributed by atoms with Crippen LogP contribution >= 0.6 is 0 Å². The van der Waals surface area contributed by atoms with E-state index in [1.54, 1.807) is 0 Å². The van der Waals surface area contributed by atoms with E-state index >= 15 is 0 Å². The van der Waals surface area contributed by atoms with Crippen LogP contribution in [0.15, 0.2) is 0 Å². The standard InChI is InChI=1S/C13H20N2O/c14-9-11-5-4-8-15(10-11)13(16)12-6-2-1-3-7-12/h11-12H,1-8,10H2. The third-order valence-electron chi connectivity index (χ3n) is 3.87. The van der Waals surface area contributed by atoms with Gasteiger partial charge in [-0.2, -0.15) is 5.26 Å². The molecule has 1 saturated carbocycles. The highest BCUT2D eigenvalue weighted by atomic mass is 16.2. The minimum Gasteiger partial charge on any atom is -0.341 e. The number of nitriles is 1. The summed E-state index contributed by atoms with van der Waals surface area (Å²) in [6, 6.07) is 2.30. The van der Waals surface area contributed by atoms with Crippen LogP contribution in [0, 0.1) is 23.2 Å². The second-order valence-electron chi connectivity index (χ2n) is 5.09. The summed E-state index contributed by atoms with van der Waals surface area (Å²) in [5.74, 6) is 0.645. The summed E-state index contributed by atoms with van der Waals surface area (Å²) in [5, 5.41) is 8.91. The summed E-state index contributed by atoms with van der Waals surface area (Å²) in [6.45, 7) is 1.54. The van der Waals surface area contributed by atoms with Gasteiger partial charge >= 0.3 is 0 Å². The highest BCUT2D eigenvalue weighted by Crippen LogP contribution is 2.27. The summed E-state index contributed by atoms with van der Waals surface area (Å²) >= 11 is 0. The van der Waals surface area contributed by atoms with Crippen LogP contribution in [0.4, 0.5) is 0 Å². The average molecular weight is 220 g/mol. The van der Waals surface area contributed by atoms with E-state index in [0.29, 0.717) is 12.5 Å². The van der Waals surface area contributed by atoms with Crippen molar-refractivity contribution in [2.45, 2.75) is 44.9 Å². The quantitative estimate of drug-likeness (QED) is 0.680. The number of hydrogen-bond donors (Lipinski definition) is 0. The molecule has 1 unspecified atom stereocenters. The summed E-state index contributed by atoms with van der Waals surface area (Å²) in [7, 11) is 0. The fourth-order valence-electron chi connectivity index (χ4n) is 2.89. The smallest absolute Gasteiger partial charge is 0.225 e. The minimum atomic E-state index is 0.0706. The van der Waals surface area contributed by atoms with E-state index in [-0.39, 0.29) is 11.8 Å². The van der Waals surface area contributed by atoms with E-state index < -0.39 is 0 Å². The first kappa shape index (κ1) is 11.4. The molecule has 2 aliphatic rings. The lowest BCUT2D eigenvalue weighted by atomic mass is 9.87. The Hall–Kier alpha value is -1.04. The lowest BCUT2D eigenvalue weighted by Gasteiger charge is -2.33. The number of carbonyl (C=O) groups is 1. The van der Waals surface area contributed by atoms with Crippen molar-refractivity contribution in [3.63, 3.8) is 0 Å². The predicted molar refractivity (Wildman–Crippen MR) is 61.5 cm³/mol. The van der Waals surface area contributed by atoms with Crippen molar-refractivity contribution in [2.24, 2.45) is 11.8 Å². The third kappa shape index (κ3) is 2.55. The minimum absolute atomic E-state index is 0.0706. The number of carbonyl (C=O) groups excluding carboxylic acids is 1. The third-order valence-corrected chi connectivity index (χ3v) is 3.87. The Morgan fingerprint density at radius 3 is 2.56 bits per heavy atom. The van der Waals surface area contributed by atoms with Crippen LogP contribution in [-0.4, -0.2) is 23.9 Å². The van der Waals surface area contributed by atoms with Gasteiger partial charge < -0.3 is 4.90 Å². The molecule has 16 heavy (non-hydrogen) atoms. The van der Waals surface area contributed by atoms with E-state index in [0.717, 1.165) is 32.2 Å². The SMILES string of the molecule is N#CC1CCCN(C(=O)C2CCCCC2)C1. The maximum atomic E-state index is 12.2. The normalized spacial score (nSPS) is 27.4. The van der Waals surface area contributed by atoms with Crippen molar-refractivity contribution in [2.75, 3.05) is 13.1 Å². The molecule has 1 atom stereocenters. The Kier molecular flexibility index (Phi) is 3.82. The molecule has 1 heterocycles. The van der Waals surface area contributed by atoms with Crippen molar-refractivity contribution >= 4 is 5.91 Å². The lowest BCUT2D eigenvalue weighted by molar-refractivity contribution is -0.138. The molecule has 3 nitrogen and oxygen atoms in total. The van der Waals surface area contributed by atoms with Crippen molar-refractivity contribution < 1.29 is 4.79 Å². The van der Waals surface area contributed by atoms with Gasteiger partial charge in [0.15, 0.2) is 0 Å². The highest BCUT2D eigenvalue weighted by molar-refractivity contribution is 5.79. The van der Waals surface area contributed by atoms with Crippen molar-refractivity contribution in [1.29, 1.82) is 5.26 Å². The molecule has 3 heteroatoms. The first-order valence-electron chi connectivity index (χ1n) is 6.49. The molecule has 1 amide bonds. The molecule has 0 bridgehead atoms. The summed E-state index contributed by atoms with van der Waals surface area (Å²) in [6.07, 6.45) is 7.77. The molecule has 1 aliphatic heterocycles. The number of amides is 1. The first-order chi connectivity index (χ1) is 7.81. The van der Waals surface area contributed by atoms with Crippen LogP contribution in [0.3, 0.4) is 0 Å². The molecule has 0 aromatic heterocycles. The van der Waals surface area contributed by atoms with E-state index in [9.17, 15) is 4.79 Å². The zero-order chi connectivity index (χ0) is 11.4. The molecule has 0 aromatic carbocycles. The Balaban J connectivity index is 1.90. The summed E-state index contributed by atoms with van der Waals surface area (Å²) in [5.41, 5.74) is 0. The monoisotopic (exact) mass is 220 g/mol. The number of hydrogen-bond acceptors (Lipinski definition) is 2. The van der Waals surface area contributed by atoms with Gasteiger partial charge in [0.1, 0.15) is 0 Å². The molecule has 88 valence electrons. The molecule has 0 radical (unpaired) electrons. The topological polar surface area (TPSA) is 44.1 Å². The zero-order valence-corrected chi connectivity index (χ0v) is 9.82. The lowest BCUT2D eigenvalue weighted by Crippen LogP contribution is -2.43. The van der Waals surface area contributed by atoms with Crippen LogP contribution in [0.25, 0.3) is 0 Å². The molecule has 2 fully saturated rings. The average Bonchev–Trinajstić information content (AvgIpc) is 2.39. The van der Waals surface area contributed by atoms with E-state index in [1.165, 1.54) is 19.3 Å². The molecule has 0 N–H and O–H groups in total. The van der Waals surface area contributed by atoms with Crippen molar-refractivity contribution in [1.82, 2.24) is 4.90 Å². The van der Waals surface area contributed by atoms with Crippen LogP contribution in [-0.2, 0) is 4.79 Å². The van der Waals surface area contributed by atoms with E-state index in [2.05, 4.69) is 6.07 Å². The molecular formula is C13H20N2O. The Bertz CT molecular complexity index is 289. The molecular weight excluding hydrogens is 200 g/mol. The molecule has 2 rings (SSSR count). The van der Waals surface area contributed by atoms with Crippen molar-refractivity contribution in [3.8, 4) is 6.07 Å². The largest absolute Gasteiger partial charge is 0.341 e. The maximum absolute atomic E-state index is 12.2. The molecule has 1 saturated heterocycles. The maximum Gasteiger partial charge on any atom is 0.225 e. The second-order valence-corrected chi connectivity index (χ2v) is 5.09. The van der Waals surface area contributed by atoms with Crippen LogP contribution in [0.5, 0.6) is 0 Å².